The van der Waals surface area contributed by atoms with Crippen LogP contribution in [-0.2, 0) is 16.7 Å². The van der Waals surface area contributed by atoms with Gasteiger partial charge in [0.15, 0.2) is 0 Å². The van der Waals surface area contributed by atoms with Crippen LogP contribution in [0.4, 0.5) is 0 Å². The highest BCUT2D eigenvalue weighted by molar-refractivity contribution is 5.31. The smallest absolute Gasteiger partial charge is 0.116 e. The maximum Gasteiger partial charge on any atom is 0.116 e. The van der Waals surface area contributed by atoms with Crippen molar-refractivity contribution in [2.24, 2.45) is 0 Å². The van der Waals surface area contributed by atoms with E-state index in [4.69, 9.17) is 4.74 Å². The van der Waals surface area contributed by atoms with E-state index in [9.17, 15) is 0 Å². The van der Waals surface area contributed by atoms with Gasteiger partial charge in [-0.1, -0.05) is 30.3 Å². The molecule has 1 aromatic carbocycles. The largest absolute Gasteiger partial charge is 0.383 e. The number of aromatic amines is 1. The first kappa shape index (κ1) is 14.8. The number of ether oxygens (including phenoxy) is 1. The molecule has 0 saturated carbocycles. The number of benzene rings is 1. The molecular formula is C16H23N3O. The van der Waals surface area contributed by atoms with Crippen LogP contribution in [0.15, 0.2) is 36.5 Å². The van der Waals surface area contributed by atoms with E-state index < -0.39 is 0 Å². The fraction of sp³-hybridized carbons (Fsp3) is 0.438. The summed E-state index contributed by atoms with van der Waals surface area (Å²) in [5, 5.41) is 3.31. The highest BCUT2D eigenvalue weighted by Crippen LogP contribution is 2.28. The molecule has 0 aliphatic rings. The average molecular weight is 273 g/mol. The third kappa shape index (κ3) is 3.46. The van der Waals surface area contributed by atoms with Crippen LogP contribution in [0.5, 0.6) is 0 Å². The molecule has 0 atom stereocenters. The fourth-order valence-corrected chi connectivity index (χ4v) is 2.16. The number of aromatic nitrogens is 2. The molecule has 0 fully saturated rings. The summed E-state index contributed by atoms with van der Waals surface area (Å²) in [6.07, 6.45) is 1.90. The van der Waals surface area contributed by atoms with Gasteiger partial charge in [-0.05, 0) is 19.4 Å². The van der Waals surface area contributed by atoms with Crippen molar-refractivity contribution in [2.75, 3.05) is 20.3 Å². The Kier molecular flexibility index (Phi) is 4.93. The number of hydrogen-bond acceptors (Lipinski definition) is 3. The molecule has 1 aromatic heterocycles. The normalized spacial score (nSPS) is 11.8. The highest BCUT2D eigenvalue weighted by atomic mass is 16.5. The van der Waals surface area contributed by atoms with Crippen LogP contribution in [0.1, 0.15) is 30.9 Å². The van der Waals surface area contributed by atoms with E-state index in [0.717, 1.165) is 31.2 Å². The van der Waals surface area contributed by atoms with Crippen LogP contribution in [0.25, 0.3) is 0 Å². The number of methoxy groups -OCH3 is 1. The third-order valence-electron chi connectivity index (χ3n) is 3.51. The standard InChI is InChI=1S/C16H23N3O/c1-16(2,13-7-5-4-6-8-13)15-18-12-14(19-15)11-17-9-10-20-3/h4-8,12,17H,9-11H2,1-3H3,(H,18,19). The lowest BCUT2D eigenvalue weighted by molar-refractivity contribution is 0.199. The lowest BCUT2D eigenvalue weighted by atomic mass is 9.84. The molecule has 0 radical (unpaired) electrons. The fourth-order valence-electron chi connectivity index (χ4n) is 2.16. The number of hydrogen-bond donors (Lipinski definition) is 2. The van der Waals surface area contributed by atoms with E-state index in [1.807, 2.05) is 12.3 Å². The summed E-state index contributed by atoms with van der Waals surface area (Å²) in [7, 11) is 1.71. The van der Waals surface area contributed by atoms with Crippen molar-refractivity contribution in [2.45, 2.75) is 25.8 Å². The first-order valence-electron chi connectivity index (χ1n) is 6.94. The van der Waals surface area contributed by atoms with Gasteiger partial charge in [0.05, 0.1) is 6.61 Å². The van der Waals surface area contributed by atoms with Crippen LogP contribution in [0.3, 0.4) is 0 Å². The van der Waals surface area contributed by atoms with Crippen molar-refractivity contribution in [3.63, 3.8) is 0 Å². The predicted octanol–water partition coefficient (Wildman–Crippen LogP) is 2.47. The van der Waals surface area contributed by atoms with Crippen LogP contribution in [0.2, 0.25) is 0 Å². The van der Waals surface area contributed by atoms with Crippen LogP contribution >= 0.6 is 0 Å². The van der Waals surface area contributed by atoms with Gasteiger partial charge in [0, 0.05) is 37.5 Å². The monoisotopic (exact) mass is 273 g/mol. The molecular weight excluding hydrogens is 250 g/mol. The molecule has 0 amide bonds. The zero-order valence-corrected chi connectivity index (χ0v) is 12.4. The number of nitrogens with zero attached hydrogens (tertiary/aromatic N) is 1. The van der Waals surface area contributed by atoms with Crippen molar-refractivity contribution >= 4 is 0 Å². The SMILES string of the molecule is COCCNCc1cnc(C(C)(C)c2ccccc2)[nH]1. The second-order valence-electron chi connectivity index (χ2n) is 5.42. The Morgan fingerprint density at radius 2 is 2.00 bits per heavy atom. The van der Waals surface area contributed by atoms with Crippen molar-refractivity contribution in [1.29, 1.82) is 0 Å². The summed E-state index contributed by atoms with van der Waals surface area (Å²) >= 11 is 0. The van der Waals surface area contributed by atoms with E-state index >= 15 is 0 Å². The molecule has 0 aliphatic heterocycles. The highest BCUT2D eigenvalue weighted by Gasteiger charge is 2.25. The van der Waals surface area contributed by atoms with Gasteiger partial charge in [0.2, 0.25) is 0 Å². The van der Waals surface area contributed by atoms with Gasteiger partial charge in [0.1, 0.15) is 5.82 Å². The number of nitrogens with one attached hydrogen (secondary N) is 2. The minimum absolute atomic E-state index is 0.119. The quantitative estimate of drug-likeness (QED) is 0.762. The van der Waals surface area contributed by atoms with Crippen LogP contribution < -0.4 is 5.32 Å². The molecule has 0 spiro atoms. The Morgan fingerprint density at radius 1 is 1.25 bits per heavy atom. The molecule has 0 aliphatic carbocycles. The summed E-state index contributed by atoms with van der Waals surface area (Å²) in [4.78, 5) is 7.95. The van der Waals surface area contributed by atoms with Crippen LogP contribution in [-0.4, -0.2) is 30.2 Å². The van der Waals surface area contributed by atoms with E-state index in [1.165, 1.54) is 5.56 Å². The molecule has 0 saturated heterocycles. The van der Waals surface area contributed by atoms with Gasteiger partial charge in [-0.15, -0.1) is 0 Å². The minimum Gasteiger partial charge on any atom is -0.383 e. The minimum atomic E-state index is -0.119. The summed E-state index contributed by atoms with van der Waals surface area (Å²) in [6.45, 7) is 6.71. The Bertz CT molecular complexity index is 520. The second-order valence-corrected chi connectivity index (χ2v) is 5.42. The summed E-state index contributed by atoms with van der Waals surface area (Å²) in [5.74, 6) is 0.993. The Hall–Kier alpha value is -1.65. The van der Waals surface area contributed by atoms with Gasteiger partial charge in [-0.3, -0.25) is 0 Å². The molecule has 2 N–H and O–H groups in total. The van der Waals surface area contributed by atoms with Crippen molar-refractivity contribution in [3.8, 4) is 0 Å². The van der Waals surface area contributed by atoms with E-state index in [0.29, 0.717) is 0 Å². The summed E-state index contributed by atoms with van der Waals surface area (Å²) in [5.41, 5.74) is 2.24. The number of H-pyrrole nitrogens is 1. The van der Waals surface area contributed by atoms with E-state index in [2.05, 4.69) is 53.4 Å². The lowest BCUT2D eigenvalue weighted by Gasteiger charge is -2.22. The molecule has 2 rings (SSSR count). The maximum atomic E-state index is 5.01. The molecule has 0 bridgehead atoms. The molecule has 2 aromatic rings. The lowest BCUT2D eigenvalue weighted by Crippen LogP contribution is -2.21. The van der Waals surface area contributed by atoms with Crippen LogP contribution in [0, 0.1) is 0 Å². The summed E-state index contributed by atoms with van der Waals surface area (Å²) < 4.78 is 5.01. The zero-order valence-electron chi connectivity index (χ0n) is 12.4. The zero-order chi connectivity index (χ0) is 14.4. The van der Waals surface area contributed by atoms with Gasteiger partial charge >= 0.3 is 0 Å². The van der Waals surface area contributed by atoms with Crippen molar-refractivity contribution < 1.29 is 4.74 Å². The number of imidazole rings is 1. The summed E-state index contributed by atoms with van der Waals surface area (Å²) in [6, 6.07) is 10.4. The first-order chi connectivity index (χ1) is 9.64. The molecule has 108 valence electrons. The molecule has 20 heavy (non-hydrogen) atoms. The maximum absolute atomic E-state index is 5.01. The van der Waals surface area contributed by atoms with Gasteiger partial charge < -0.3 is 15.0 Å². The Labute approximate surface area is 120 Å². The van der Waals surface area contributed by atoms with Gasteiger partial charge in [-0.25, -0.2) is 4.98 Å². The topological polar surface area (TPSA) is 49.9 Å². The average Bonchev–Trinajstić information content (AvgIpc) is 2.94. The first-order valence-corrected chi connectivity index (χ1v) is 6.94. The molecule has 4 heteroatoms. The van der Waals surface area contributed by atoms with Crippen molar-refractivity contribution in [1.82, 2.24) is 15.3 Å². The van der Waals surface area contributed by atoms with Gasteiger partial charge in [-0.2, -0.15) is 0 Å². The second kappa shape index (κ2) is 6.68. The van der Waals surface area contributed by atoms with Gasteiger partial charge in [0.25, 0.3) is 0 Å². The van der Waals surface area contributed by atoms with Crippen molar-refractivity contribution in [3.05, 3.63) is 53.6 Å². The van der Waals surface area contributed by atoms with E-state index in [-0.39, 0.29) is 5.41 Å². The third-order valence-corrected chi connectivity index (χ3v) is 3.51. The molecule has 4 nitrogen and oxygen atoms in total. The predicted molar refractivity (Wildman–Crippen MR) is 80.7 cm³/mol. The molecule has 0 unspecified atom stereocenters. The van der Waals surface area contributed by atoms with E-state index in [1.54, 1.807) is 7.11 Å². The molecule has 1 heterocycles. The Morgan fingerprint density at radius 3 is 2.70 bits per heavy atom. The Balaban J connectivity index is 2.04. The number of rotatable bonds is 7.